The molecule has 1 aliphatic heterocycles. The Hall–Kier alpha value is -3.09. The number of benzene rings is 1. The number of rotatable bonds is 3. The number of hydrogen-bond acceptors (Lipinski definition) is 4. The van der Waals surface area contributed by atoms with Gasteiger partial charge in [0.05, 0.1) is 5.56 Å². The van der Waals surface area contributed by atoms with Crippen molar-refractivity contribution in [1.82, 2.24) is 9.88 Å². The van der Waals surface area contributed by atoms with Gasteiger partial charge >= 0.3 is 0 Å². The van der Waals surface area contributed by atoms with Crippen molar-refractivity contribution in [3.8, 4) is 5.75 Å². The molecular weight excluding hydrogens is 298 g/mol. The summed E-state index contributed by atoms with van der Waals surface area (Å²) in [4.78, 5) is 39.6. The Morgan fingerprint density at radius 3 is 2.61 bits per heavy atom. The van der Waals surface area contributed by atoms with Crippen LogP contribution in [0.3, 0.4) is 0 Å². The minimum atomic E-state index is -0.896. The van der Waals surface area contributed by atoms with Gasteiger partial charge in [-0.2, -0.15) is 0 Å². The maximum absolute atomic E-state index is 12.6. The molecule has 0 fully saturated rings. The molecule has 2 heterocycles. The van der Waals surface area contributed by atoms with Gasteiger partial charge in [0.1, 0.15) is 5.69 Å². The van der Waals surface area contributed by atoms with Crippen molar-refractivity contribution in [2.45, 2.75) is 13.0 Å². The van der Waals surface area contributed by atoms with E-state index in [1.807, 2.05) is 30.3 Å². The first-order valence-corrected chi connectivity index (χ1v) is 7.10. The zero-order valence-corrected chi connectivity index (χ0v) is 12.2. The molecule has 0 saturated heterocycles. The maximum Gasteiger partial charge on any atom is 0.291 e. The molecule has 0 spiro atoms. The molecule has 0 saturated carbocycles. The van der Waals surface area contributed by atoms with Gasteiger partial charge in [-0.15, -0.1) is 0 Å². The fourth-order valence-corrected chi connectivity index (χ4v) is 2.78. The van der Waals surface area contributed by atoms with E-state index in [0.29, 0.717) is 25.1 Å². The Balaban J connectivity index is 2.03. The van der Waals surface area contributed by atoms with Crippen molar-refractivity contribution < 1.29 is 14.7 Å². The quantitative estimate of drug-likeness (QED) is 0.759. The number of H-pyrrole nitrogens is 1. The predicted octanol–water partition coefficient (Wildman–Crippen LogP) is 0.378. The summed E-state index contributed by atoms with van der Waals surface area (Å²) < 4.78 is 0. The number of aromatic amines is 1. The van der Waals surface area contributed by atoms with E-state index in [1.165, 1.54) is 4.90 Å². The van der Waals surface area contributed by atoms with Crippen LogP contribution < -0.4 is 11.3 Å². The summed E-state index contributed by atoms with van der Waals surface area (Å²) in [5.41, 5.74) is 5.33. The van der Waals surface area contributed by atoms with Crippen molar-refractivity contribution in [3.05, 3.63) is 63.1 Å². The molecule has 0 bridgehead atoms. The van der Waals surface area contributed by atoms with Gasteiger partial charge in [-0.1, -0.05) is 30.3 Å². The van der Waals surface area contributed by atoms with Crippen LogP contribution in [0.2, 0.25) is 0 Å². The van der Waals surface area contributed by atoms with E-state index in [0.717, 1.165) is 5.56 Å². The molecule has 0 radical (unpaired) electrons. The Kier molecular flexibility index (Phi) is 3.61. The van der Waals surface area contributed by atoms with Gasteiger partial charge in [-0.05, 0) is 17.5 Å². The molecule has 2 aromatic rings. The number of nitrogens with two attached hydrogens (primary N) is 1. The fraction of sp³-hybridized carbons (Fsp3) is 0.188. The first-order valence-electron chi connectivity index (χ1n) is 7.10. The van der Waals surface area contributed by atoms with E-state index in [1.54, 1.807) is 0 Å². The summed E-state index contributed by atoms with van der Waals surface area (Å²) in [6.45, 7) is 0.726. The molecule has 7 heteroatoms. The van der Waals surface area contributed by atoms with E-state index in [2.05, 4.69) is 4.98 Å². The fourth-order valence-electron chi connectivity index (χ4n) is 2.78. The van der Waals surface area contributed by atoms with Crippen LogP contribution in [0.25, 0.3) is 0 Å². The van der Waals surface area contributed by atoms with Crippen LogP contribution in [-0.4, -0.2) is 33.3 Å². The number of aromatic nitrogens is 1. The number of hydrogen-bond donors (Lipinski definition) is 3. The van der Waals surface area contributed by atoms with E-state index >= 15 is 0 Å². The largest absolute Gasteiger partial charge is 0.502 e. The van der Waals surface area contributed by atoms with Crippen LogP contribution in [-0.2, 0) is 13.0 Å². The van der Waals surface area contributed by atoms with Gasteiger partial charge in [0.2, 0.25) is 0 Å². The van der Waals surface area contributed by atoms with Gasteiger partial charge in [-0.3, -0.25) is 14.4 Å². The van der Waals surface area contributed by atoms with Crippen LogP contribution in [0.15, 0.2) is 35.1 Å². The van der Waals surface area contributed by atoms with Crippen LogP contribution in [0.5, 0.6) is 5.75 Å². The first kappa shape index (κ1) is 14.8. The highest BCUT2D eigenvalue weighted by Gasteiger charge is 2.32. The molecule has 2 amide bonds. The average molecular weight is 313 g/mol. The zero-order chi connectivity index (χ0) is 16.6. The van der Waals surface area contributed by atoms with Gasteiger partial charge in [-0.25, -0.2) is 0 Å². The Morgan fingerprint density at radius 2 is 1.96 bits per heavy atom. The topological polar surface area (TPSA) is 116 Å². The lowest BCUT2D eigenvalue weighted by Gasteiger charge is -2.29. The standard InChI is InChI=1S/C16H15N3O4/c17-14(21)12-10-6-7-19(8-9-4-2-1-3-5-9)16(23)11(10)13(20)15(22)18-12/h1-5,20H,6-8H2,(H2,17,21)(H,18,22). The second-order valence-electron chi connectivity index (χ2n) is 5.36. The number of amides is 2. The number of pyridine rings is 1. The molecule has 4 N–H and O–H groups in total. The third kappa shape index (κ3) is 2.57. The molecule has 0 atom stereocenters. The zero-order valence-electron chi connectivity index (χ0n) is 12.2. The molecule has 1 aromatic heterocycles. The van der Waals surface area contributed by atoms with E-state index in [9.17, 15) is 19.5 Å². The van der Waals surface area contributed by atoms with Crippen molar-refractivity contribution in [3.63, 3.8) is 0 Å². The number of aromatic hydroxyl groups is 1. The highest BCUT2D eigenvalue weighted by atomic mass is 16.3. The lowest BCUT2D eigenvalue weighted by atomic mass is 9.96. The van der Waals surface area contributed by atoms with Crippen LogP contribution in [0.4, 0.5) is 0 Å². The molecule has 1 aromatic carbocycles. The smallest absolute Gasteiger partial charge is 0.291 e. The second-order valence-corrected chi connectivity index (χ2v) is 5.36. The number of nitrogens with zero attached hydrogens (tertiary/aromatic N) is 1. The summed E-state index contributed by atoms with van der Waals surface area (Å²) >= 11 is 0. The highest BCUT2D eigenvalue weighted by Crippen LogP contribution is 2.27. The predicted molar refractivity (Wildman–Crippen MR) is 82.1 cm³/mol. The van der Waals surface area contributed by atoms with Crippen LogP contribution in [0.1, 0.15) is 32.0 Å². The van der Waals surface area contributed by atoms with E-state index in [4.69, 9.17) is 5.73 Å². The number of carbonyl (C=O) groups excluding carboxylic acids is 2. The molecule has 0 aliphatic carbocycles. The van der Waals surface area contributed by atoms with Crippen molar-refractivity contribution in [2.24, 2.45) is 5.73 Å². The second kappa shape index (κ2) is 5.60. The average Bonchev–Trinajstić information content (AvgIpc) is 2.53. The summed E-state index contributed by atoms with van der Waals surface area (Å²) in [5, 5.41) is 9.96. The van der Waals surface area contributed by atoms with Crippen molar-refractivity contribution in [1.29, 1.82) is 0 Å². The Bertz CT molecular complexity index is 842. The van der Waals surface area contributed by atoms with Crippen LogP contribution >= 0.6 is 0 Å². The van der Waals surface area contributed by atoms with E-state index < -0.39 is 23.1 Å². The lowest BCUT2D eigenvalue weighted by molar-refractivity contribution is 0.0722. The van der Waals surface area contributed by atoms with Crippen LogP contribution in [0, 0.1) is 0 Å². The lowest BCUT2D eigenvalue weighted by Crippen LogP contribution is -2.40. The summed E-state index contributed by atoms with van der Waals surface area (Å²) in [6, 6.07) is 9.38. The Morgan fingerprint density at radius 1 is 1.26 bits per heavy atom. The van der Waals surface area contributed by atoms with Gasteiger partial charge in [0.15, 0.2) is 5.75 Å². The van der Waals surface area contributed by atoms with Gasteiger partial charge < -0.3 is 20.7 Å². The molecular formula is C16H15N3O4. The third-order valence-corrected chi connectivity index (χ3v) is 3.89. The molecule has 7 nitrogen and oxygen atoms in total. The molecule has 3 rings (SSSR count). The SMILES string of the molecule is NC(=O)c1[nH]c(=O)c(O)c2c1CCN(Cc1ccccc1)C2=O. The summed E-state index contributed by atoms with van der Waals surface area (Å²) in [6.07, 6.45) is 0.330. The summed E-state index contributed by atoms with van der Waals surface area (Å²) in [5.74, 6) is -1.99. The molecule has 0 unspecified atom stereocenters. The van der Waals surface area contributed by atoms with Crippen molar-refractivity contribution in [2.75, 3.05) is 6.54 Å². The minimum Gasteiger partial charge on any atom is -0.502 e. The van der Waals surface area contributed by atoms with E-state index in [-0.39, 0.29) is 11.3 Å². The highest BCUT2D eigenvalue weighted by molar-refractivity contribution is 6.03. The normalized spacial score (nSPS) is 13.7. The van der Waals surface area contributed by atoms with Crippen molar-refractivity contribution >= 4 is 11.8 Å². The number of nitrogens with one attached hydrogen (secondary N) is 1. The molecule has 118 valence electrons. The number of carbonyl (C=O) groups is 2. The number of primary amides is 1. The van der Waals surface area contributed by atoms with Gasteiger partial charge in [0.25, 0.3) is 17.4 Å². The monoisotopic (exact) mass is 313 g/mol. The third-order valence-electron chi connectivity index (χ3n) is 3.89. The minimum absolute atomic E-state index is 0.115. The van der Waals surface area contributed by atoms with Gasteiger partial charge in [0, 0.05) is 13.1 Å². The number of fused-ring (bicyclic) bond motifs is 1. The molecule has 23 heavy (non-hydrogen) atoms. The maximum atomic E-state index is 12.6. The Labute approximate surface area is 131 Å². The summed E-state index contributed by atoms with van der Waals surface area (Å²) in [7, 11) is 0. The first-order chi connectivity index (χ1) is 11.0. The molecule has 1 aliphatic rings.